The van der Waals surface area contributed by atoms with Crippen LogP contribution in [0.4, 0.5) is 4.79 Å². The quantitative estimate of drug-likeness (QED) is 0.488. The topological polar surface area (TPSA) is 93.7 Å². The highest BCUT2D eigenvalue weighted by atomic mass is 32.2. The average Bonchev–Trinajstić information content (AvgIpc) is 2.48. The first-order valence-corrected chi connectivity index (χ1v) is 8.79. The summed E-state index contributed by atoms with van der Waals surface area (Å²) in [6.07, 6.45) is 1.27. The van der Waals surface area contributed by atoms with E-state index in [0.29, 0.717) is 26.1 Å². The molecule has 1 amide bonds. The molecule has 1 rings (SSSR count). The van der Waals surface area contributed by atoms with Crippen LogP contribution in [0.2, 0.25) is 0 Å². The van der Waals surface area contributed by atoms with Gasteiger partial charge < -0.3 is 15.4 Å². The van der Waals surface area contributed by atoms with Crippen LogP contribution in [0.5, 0.6) is 0 Å². The molecule has 1 aromatic rings. The zero-order chi connectivity index (χ0) is 16.3. The molecule has 2 N–H and O–H groups in total. The Morgan fingerprint density at radius 3 is 2.55 bits per heavy atom. The maximum Gasteiger partial charge on any atom is 0.407 e. The Balaban J connectivity index is 1.95. The summed E-state index contributed by atoms with van der Waals surface area (Å²) in [6, 6.07) is 9.44. The lowest BCUT2D eigenvalue weighted by atomic mass is 10.2. The van der Waals surface area contributed by atoms with E-state index in [0.717, 1.165) is 11.8 Å². The highest BCUT2D eigenvalue weighted by Gasteiger charge is 2.02. The molecule has 0 radical (unpaired) electrons. The van der Waals surface area contributed by atoms with Gasteiger partial charge in [-0.15, -0.1) is 0 Å². The smallest absolute Gasteiger partial charge is 0.407 e. The van der Waals surface area contributed by atoms with Gasteiger partial charge in [0.2, 0.25) is 0 Å². The van der Waals surface area contributed by atoms with Crippen molar-refractivity contribution >= 4 is 16.2 Å². The third-order valence-electron chi connectivity index (χ3n) is 2.59. The lowest BCUT2D eigenvalue weighted by Crippen LogP contribution is -2.29. The number of hydrogen-bond donors (Lipinski definition) is 2. The number of amides is 1. The van der Waals surface area contributed by atoms with Gasteiger partial charge in [0.15, 0.2) is 0 Å². The molecule has 0 unspecified atom stereocenters. The van der Waals surface area contributed by atoms with Gasteiger partial charge in [-0.2, -0.15) is 8.42 Å². The minimum absolute atomic E-state index is 0.103. The van der Waals surface area contributed by atoms with Gasteiger partial charge in [-0.25, -0.2) is 4.79 Å². The lowest BCUT2D eigenvalue weighted by Gasteiger charge is -2.08. The summed E-state index contributed by atoms with van der Waals surface area (Å²) in [5.74, 6) is 0. The van der Waals surface area contributed by atoms with Crippen LogP contribution in [-0.2, 0) is 25.6 Å². The summed E-state index contributed by atoms with van der Waals surface area (Å²) >= 11 is 0. The molecule has 0 bridgehead atoms. The number of rotatable bonds is 10. The van der Waals surface area contributed by atoms with Gasteiger partial charge in [-0.05, 0) is 18.5 Å². The fourth-order valence-electron chi connectivity index (χ4n) is 1.57. The molecule has 22 heavy (non-hydrogen) atoms. The van der Waals surface area contributed by atoms with Crippen molar-refractivity contribution < 1.29 is 22.1 Å². The van der Waals surface area contributed by atoms with Crippen LogP contribution in [0, 0.1) is 0 Å². The Labute approximate surface area is 131 Å². The number of nitrogens with one attached hydrogen (secondary N) is 2. The van der Waals surface area contributed by atoms with Crippen molar-refractivity contribution in [2.75, 3.05) is 32.5 Å². The van der Waals surface area contributed by atoms with E-state index in [2.05, 4.69) is 14.8 Å². The SMILES string of the molecule is CS(=O)(=O)OCCNCCCNC(=O)OCc1ccccc1. The first kappa shape index (κ1) is 18.4. The van der Waals surface area contributed by atoms with Crippen molar-refractivity contribution in [2.45, 2.75) is 13.0 Å². The Bertz CT molecular complexity index is 533. The zero-order valence-corrected chi connectivity index (χ0v) is 13.4. The van der Waals surface area contributed by atoms with E-state index in [-0.39, 0.29) is 13.2 Å². The average molecular weight is 330 g/mol. The number of ether oxygens (including phenoxy) is 1. The largest absolute Gasteiger partial charge is 0.445 e. The van der Waals surface area contributed by atoms with Crippen molar-refractivity contribution in [3.05, 3.63) is 35.9 Å². The van der Waals surface area contributed by atoms with Crippen molar-refractivity contribution in [1.82, 2.24) is 10.6 Å². The second kappa shape index (κ2) is 10.1. The Kier molecular flexibility index (Phi) is 8.49. The number of carbonyl (C=O) groups is 1. The van der Waals surface area contributed by atoms with Crippen LogP contribution < -0.4 is 10.6 Å². The summed E-state index contributed by atoms with van der Waals surface area (Å²) in [5.41, 5.74) is 0.935. The third-order valence-corrected chi connectivity index (χ3v) is 3.18. The van der Waals surface area contributed by atoms with Gasteiger partial charge in [0.05, 0.1) is 12.9 Å². The highest BCUT2D eigenvalue weighted by molar-refractivity contribution is 7.85. The molecule has 0 saturated heterocycles. The van der Waals surface area contributed by atoms with Gasteiger partial charge >= 0.3 is 6.09 Å². The first-order valence-electron chi connectivity index (χ1n) is 6.97. The molecule has 0 spiro atoms. The molecule has 1 aromatic carbocycles. The van der Waals surface area contributed by atoms with E-state index in [1.54, 1.807) is 0 Å². The number of benzene rings is 1. The summed E-state index contributed by atoms with van der Waals surface area (Å²) < 4.78 is 31.0. The standard InChI is InChI=1S/C14H22N2O5S/c1-22(18,19)21-11-10-15-8-5-9-16-14(17)20-12-13-6-3-2-4-7-13/h2-4,6-7,15H,5,8-12H2,1H3,(H,16,17). The monoisotopic (exact) mass is 330 g/mol. The van der Waals surface area contributed by atoms with E-state index in [1.807, 2.05) is 30.3 Å². The van der Waals surface area contributed by atoms with Crippen molar-refractivity contribution in [3.63, 3.8) is 0 Å². The van der Waals surface area contributed by atoms with E-state index in [1.165, 1.54) is 0 Å². The van der Waals surface area contributed by atoms with Gasteiger partial charge in [0, 0.05) is 13.1 Å². The highest BCUT2D eigenvalue weighted by Crippen LogP contribution is 2.00. The molecule has 0 heterocycles. The summed E-state index contributed by atoms with van der Waals surface area (Å²) in [6.45, 7) is 1.91. The van der Waals surface area contributed by atoms with Crippen LogP contribution >= 0.6 is 0 Å². The third kappa shape index (κ3) is 10.1. The van der Waals surface area contributed by atoms with Crippen LogP contribution in [-0.4, -0.2) is 47.0 Å². The molecule has 0 aliphatic carbocycles. The van der Waals surface area contributed by atoms with E-state index < -0.39 is 16.2 Å². The zero-order valence-electron chi connectivity index (χ0n) is 12.6. The van der Waals surface area contributed by atoms with Gasteiger partial charge in [-0.3, -0.25) is 4.18 Å². The van der Waals surface area contributed by atoms with Crippen LogP contribution in [0.15, 0.2) is 30.3 Å². The summed E-state index contributed by atoms with van der Waals surface area (Å²) in [7, 11) is -3.38. The molecule has 0 aliphatic heterocycles. The molecule has 0 fully saturated rings. The van der Waals surface area contributed by atoms with E-state index in [4.69, 9.17) is 4.74 Å². The second-order valence-corrected chi connectivity index (χ2v) is 6.26. The minimum Gasteiger partial charge on any atom is -0.445 e. The van der Waals surface area contributed by atoms with E-state index >= 15 is 0 Å². The van der Waals surface area contributed by atoms with Crippen molar-refractivity contribution in [3.8, 4) is 0 Å². The molecular formula is C14H22N2O5S. The Morgan fingerprint density at radius 1 is 1.14 bits per heavy atom. The molecule has 7 nitrogen and oxygen atoms in total. The lowest BCUT2D eigenvalue weighted by molar-refractivity contribution is 0.139. The second-order valence-electron chi connectivity index (χ2n) is 4.62. The van der Waals surface area contributed by atoms with Gasteiger partial charge in [-0.1, -0.05) is 30.3 Å². The molecule has 0 aromatic heterocycles. The number of hydrogen-bond acceptors (Lipinski definition) is 6. The first-order chi connectivity index (χ1) is 10.5. The fourth-order valence-corrected chi connectivity index (χ4v) is 1.95. The normalized spacial score (nSPS) is 11.1. The van der Waals surface area contributed by atoms with Gasteiger partial charge in [0.25, 0.3) is 10.1 Å². The number of alkyl carbamates (subject to hydrolysis) is 1. The predicted octanol–water partition coefficient (Wildman–Crippen LogP) is 0.869. The van der Waals surface area contributed by atoms with Gasteiger partial charge in [0.1, 0.15) is 6.61 Å². The Hall–Kier alpha value is -1.64. The van der Waals surface area contributed by atoms with Crippen LogP contribution in [0.25, 0.3) is 0 Å². The summed E-state index contributed by atoms with van der Waals surface area (Å²) in [5, 5.41) is 5.65. The maximum absolute atomic E-state index is 11.4. The van der Waals surface area contributed by atoms with Crippen LogP contribution in [0.3, 0.4) is 0 Å². The molecule has 124 valence electrons. The fraction of sp³-hybridized carbons (Fsp3) is 0.500. The predicted molar refractivity (Wildman–Crippen MR) is 82.9 cm³/mol. The molecule has 0 saturated carbocycles. The maximum atomic E-state index is 11.4. The molecular weight excluding hydrogens is 308 g/mol. The molecule has 0 atom stereocenters. The summed E-state index contributed by atoms with van der Waals surface area (Å²) in [4.78, 5) is 11.4. The van der Waals surface area contributed by atoms with Crippen molar-refractivity contribution in [1.29, 1.82) is 0 Å². The van der Waals surface area contributed by atoms with E-state index in [9.17, 15) is 13.2 Å². The van der Waals surface area contributed by atoms with Crippen molar-refractivity contribution in [2.24, 2.45) is 0 Å². The molecule has 8 heteroatoms. The Morgan fingerprint density at radius 2 is 1.86 bits per heavy atom. The van der Waals surface area contributed by atoms with Crippen LogP contribution in [0.1, 0.15) is 12.0 Å². The molecule has 0 aliphatic rings. The number of carbonyl (C=O) groups excluding carboxylic acids is 1. The minimum atomic E-state index is -3.38.